The van der Waals surface area contributed by atoms with Gasteiger partial charge in [0.2, 0.25) is 0 Å². The molecular weight excluding hydrogens is 352 g/mol. The van der Waals surface area contributed by atoms with E-state index in [0.717, 1.165) is 0 Å². The number of carbonyl (C=O) groups is 2. The molecular formula is C20H20O7. The standard InChI is InChI=1S/C20H20O7/c21-11-15-17(22)18(27-20(24)14-9-5-2-6-10-14)16(26-15)12-25-19(23)13-7-3-1-4-8-13/h1-10,15-18,21-22H,11-12H2. The van der Waals surface area contributed by atoms with Gasteiger partial charge in [0.1, 0.15) is 24.9 Å². The van der Waals surface area contributed by atoms with Crippen molar-refractivity contribution in [2.24, 2.45) is 0 Å². The number of benzene rings is 2. The van der Waals surface area contributed by atoms with Gasteiger partial charge in [-0.05, 0) is 24.3 Å². The number of carbonyl (C=O) groups excluding carboxylic acids is 2. The Morgan fingerprint density at radius 1 is 0.889 bits per heavy atom. The topological polar surface area (TPSA) is 102 Å². The molecule has 7 nitrogen and oxygen atoms in total. The van der Waals surface area contributed by atoms with Crippen molar-refractivity contribution in [2.75, 3.05) is 13.2 Å². The molecule has 0 saturated carbocycles. The van der Waals surface area contributed by atoms with Gasteiger partial charge < -0.3 is 24.4 Å². The molecule has 1 saturated heterocycles. The van der Waals surface area contributed by atoms with Crippen LogP contribution in [0.2, 0.25) is 0 Å². The van der Waals surface area contributed by atoms with E-state index in [1.54, 1.807) is 60.7 Å². The Kier molecular flexibility index (Phi) is 6.18. The third-order valence-electron chi connectivity index (χ3n) is 4.25. The molecule has 4 unspecified atom stereocenters. The van der Waals surface area contributed by atoms with Crippen molar-refractivity contribution in [2.45, 2.75) is 24.4 Å². The Morgan fingerprint density at radius 2 is 1.44 bits per heavy atom. The van der Waals surface area contributed by atoms with Crippen molar-refractivity contribution in [1.29, 1.82) is 0 Å². The Balaban J connectivity index is 1.66. The van der Waals surface area contributed by atoms with Crippen LogP contribution in [0, 0.1) is 0 Å². The van der Waals surface area contributed by atoms with E-state index in [2.05, 4.69) is 0 Å². The number of hydrogen-bond donors (Lipinski definition) is 2. The number of aliphatic hydroxyl groups is 2. The van der Waals surface area contributed by atoms with Crippen LogP contribution >= 0.6 is 0 Å². The van der Waals surface area contributed by atoms with E-state index in [1.165, 1.54) is 0 Å². The van der Waals surface area contributed by atoms with Gasteiger partial charge in [-0.1, -0.05) is 36.4 Å². The first-order valence-corrected chi connectivity index (χ1v) is 8.52. The van der Waals surface area contributed by atoms with Crippen molar-refractivity contribution in [3.63, 3.8) is 0 Å². The summed E-state index contributed by atoms with van der Waals surface area (Å²) in [5.74, 6) is -1.20. The lowest BCUT2D eigenvalue weighted by Gasteiger charge is -2.20. The molecule has 3 rings (SSSR count). The van der Waals surface area contributed by atoms with Crippen molar-refractivity contribution in [3.05, 3.63) is 71.8 Å². The molecule has 1 heterocycles. The average Bonchev–Trinajstić information content (AvgIpc) is 3.02. The van der Waals surface area contributed by atoms with E-state index in [1.807, 2.05) is 0 Å². The molecule has 2 aromatic rings. The molecule has 1 aliphatic heterocycles. The minimum atomic E-state index is -1.23. The molecule has 0 aliphatic carbocycles. The van der Waals surface area contributed by atoms with Gasteiger partial charge in [-0.3, -0.25) is 0 Å². The highest BCUT2D eigenvalue weighted by atomic mass is 16.6. The van der Waals surface area contributed by atoms with Gasteiger partial charge in [-0.2, -0.15) is 0 Å². The number of ether oxygens (including phenoxy) is 3. The predicted octanol–water partition coefficient (Wildman–Crippen LogP) is 1.19. The smallest absolute Gasteiger partial charge is 0.338 e. The summed E-state index contributed by atoms with van der Waals surface area (Å²) < 4.78 is 16.1. The van der Waals surface area contributed by atoms with Crippen LogP contribution in [0.15, 0.2) is 60.7 Å². The van der Waals surface area contributed by atoms with Crippen LogP contribution in [-0.2, 0) is 14.2 Å². The van der Waals surface area contributed by atoms with Crippen molar-refractivity contribution in [3.8, 4) is 0 Å². The SMILES string of the molecule is O=C(OCC1OC(CO)C(O)C1OC(=O)c1ccccc1)c1ccccc1. The molecule has 1 fully saturated rings. The zero-order valence-corrected chi connectivity index (χ0v) is 14.4. The number of aliphatic hydroxyl groups excluding tert-OH is 2. The van der Waals surface area contributed by atoms with E-state index in [0.29, 0.717) is 11.1 Å². The summed E-state index contributed by atoms with van der Waals surface area (Å²) in [4.78, 5) is 24.4. The second kappa shape index (κ2) is 8.77. The summed E-state index contributed by atoms with van der Waals surface area (Å²) in [6, 6.07) is 16.7. The fourth-order valence-electron chi connectivity index (χ4n) is 2.83. The van der Waals surface area contributed by atoms with Crippen LogP contribution < -0.4 is 0 Å². The molecule has 0 radical (unpaired) electrons. The Labute approximate surface area is 156 Å². The molecule has 27 heavy (non-hydrogen) atoms. The second-order valence-electron chi connectivity index (χ2n) is 6.09. The first-order chi connectivity index (χ1) is 13.1. The summed E-state index contributed by atoms with van der Waals surface area (Å²) in [6.07, 6.45) is -4.13. The molecule has 0 aromatic heterocycles. The van der Waals surface area contributed by atoms with Crippen LogP contribution in [0.1, 0.15) is 20.7 Å². The normalized spacial score (nSPS) is 24.4. The minimum Gasteiger partial charge on any atom is -0.459 e. The van der Waals surface area contributed by atoms with Crippen LogP contribution in [0.25, 0.3) is 0 Å². The molecule has 0 spiro atoms. The van der Waals surface area contributed by atoms with Gasteiger partial charge in [-0.15, -0.1) is 0 Å². The van der Waals surface area contributed by atoms with Gasteiger partial charge in [0, 0.05) is 0 Å². The maximum Gasteiger partial charge on any atom is 0.338 e. The second-order valence-corrected chi connectivity index (χ2v) is 6.09. The minimum absolute atomic E-state index is 0.228. The first-order valence-electron chi connectivity index (χ1n) is 8.52. The molecule has 0 bridgehead atoms. The predicted molar refractivity (Wildman–Crippen MR) is 94.1 cm³/mol. The van der Waals surface area contributed by atoms with Gasteiger partial charge in [0.05, 0.1) is 17.7 Å². The van der Waals surface area contributed by atoms with E-state index in [9.17, 15) is 19.8 Å². The molecule has 1 aliphatic rings. The Bertz CT molecular complexity index is 762. The van der Waals surface area contributed by atoms with Crippen molar-refractivity contribution >= 4 is 11.9 Å². The lowest BCUT2D eigenvalue weighted by molar-refractivity contribution is -0.0505. The summed E-state index contributed by atoms with van der Waals surface area (Å²) in [7, 11) is 0. The van der Waals surface area contributed by atoms with Crippen LogP contribution in [-0.4, -0.2) is 59.8 Å². The number of hydrogen-bond acceptors (Lipinski definition) is 7. The van der Waals surface area contributed by atoms with Crippen molar-refractivity contribution in [1.82, 2.24) is 0 Å². The maximum atomic E-state index is 12.3. The highest BCUT2D eigenvalue weighted by molar-refractivity contribution is 5.90. The largest absolute Gasteiger partial charge is 0.459 e. The van der Waals surface area contributed by atoms with Crippen molar-refractivity contribution < 1.29 is 34.0 Å². The molecule has 2 N–H and O–H groups in total. The lowest BCUT2D eigenvalue weighted by Crippen LogP contribution is -2.39. The van der Waals surface area contributed by atoms with Crippen LogP contribution in [0.3, 0.4) is 0 Å². The Hall–Kier alpha value is -2.74. The van der Waals surface area contributed by atoms with E-state index in [4.69, 9.17) is 14.2 Å². The molecule has 2 aromatic carbocycles. The monoisotopic (exact) mass is 372 g/mol. The first kappa shape index (κ1) is 19.0. The lowest BCUT2D eigenvalue weighted by atomic mass is 10.1. The van der Waals surface area contributed by atoms with E-state index < -0.39 is 43.0 Å². The zero-order valence-electron chi connectivity index (χ0n) is 14.4. The summed E-state index contributed by atoms with van der Waals surface area (Å²) in [5.41, 5.74) is 0.685. The molecule has 7 heteroatoms. The van der Waals surface area contributed by atoms with E-state index >= 15 is 0 Å². The average molecular weight is 372 g/mol. The summed E-state index contributed by atoms with van der Waals surface area (Å²) in [5, 5.41) is 19.6. The van der Waals surface area contributed by atoms with Gasteiger partial charge in [0.15, 0.2) is 6.10 Å². The van der Waals surface area contributed by atoms with Gasteiger partial charge in [-0.25, -0.2) is 9.59 Å². The number of rotatable bonds is 6. The highest BCUT2D eigenvalue weighted by Crippen LogP contribution is 2.25. The summed E-state index contributed by atoms with van der Waals surface area (Å²) in [6.45, 7) is -0.683. The molecule has 0 amide bonds. The van der Waals surface area contributed by atoms with Gasteiger partial charge in [0.25, 0.3) is 0 Å². The third kappa shape index (κ3) is 4.51. The summed E-state index contributed by atoms with van der Waals surface area (Å²) >= 11 is 0. The molecule has 4 atom stereocenters. The van der Waals surface area contributed by atoms with E-state index in [-0.39, 0.29) is 6.61 Å². The Morgan fingerprint density at radius 3 is 2.00 bits per heavy atom. The highest BCUT2D eigenvalue weighted by Gasteiger charge is 2.46. The fraction of sp³-hybridized carbons (Fsp3) is 0.300. The van der Waals surface area contributed by atoms with Gasteiger partial charge >= 0.3 is 11.9 Å². The zero-order chi connectivity index (χ0) is 19.2. The number of esters is 2. The fourth-order valence-corrected chi connectivity index (χ4v) is 2.83. The van der Waals surface area contributed by atoms with Crippen LogP contribution in [0.4, 0.5) is 0 Å². The van der Waals surface area contributed by atoms with Crippen LogP contribution in [0.5, 0.6) is 0 Å². The maximum absolute atomic E-state index is 12.3. The molecule has 142 valence electrons. The quantitative estimate of drug-likeness (QED) is 0.734. The third-order valence-corrected chi connectivity index (χ3v) is 4.25.